The quantitative estimate of drug-likeness (QED) is 0.212. The van der Waals surface area contributed by atoms with E-state index in [4.69, 9.17) is 9.15 Å². The van der Waals surface area contributed by atoms with Crippen molar-refractivity contribution in [2.75, 3.05) is 11.9 Å². The lowest BCUT2D eigenvalue weighted by molar-refractivity contribution is -0.384. The van der Waals surface area contributed by atoms with Gasteiger partial charge in [0.25, 0.3) is 11.6 Å². The number of rotatable bonds is 8. The maximum Gasteiger partial charge on any atom is 0.375 e. The molecular weight excluding hydrogens is 475 g/mol. The molecule has 0 aliphatic carbocycles. The van der Waals surface area contributed by atoms with E-state index in [0.29, 0.717) is 11.6 Å². The third-order valence-corrected chi connectivity index (χ3v) is 4.56. The Morgan fingerprint density at radius 2 is 1.71 bits per heavy atom. The van der Waals surface area contributed by atoms with Gasteiger partial charge in [-0.05, 0) is 43.3 Å². The average molecular weight is 491 g/mol. The number of halogens is 3. The summed E-state index contributed by atoms with van der Waals surface area (Å²) in [5, 5.41) is 14.8. The Balaban J connectivity index is 1.52. The number of nitrogens with zero attached hydrogens (tertiary/aromatic N) is 1. The summed E-state index contributed by atoms with van der Waals surface area (Å²) in [6.07, 6.45) is -1.36. The maximum absolute atomic E-state index is 13.6. The zero-order chi connectivity index (χ0) is 25.7. The van der Waals surface area contributed by atoms with Crippen molar-refractivity contribution >= 4 is 29.2 Å². The van der Waals surface area contributed by atoms with Crippen LogP contribution in [-0.2, 0) is 14.3 Å². The first-order valence-electron chi connectivity index (χ1n) is 9.83. The molecule has 182 valence electrons. The number of non-ortho nitro benzene ring substituents is 1. The number of anilines is 1. The number of furan rings is 1. The Labute approximate surface area is 194 Å². The summed E-state index contributed by atoms with van der Waals surface area (Å²) in [6.45, 7) is 0.546. The number of ether oxygens (including phenoxy) is 1. The molecule has 0 aliphatic rings. The van der Waals surface area contributed by atoms with Gasteiger partial charge < -0.3 is 19.8 Å². The van der Waals surface area contributed by atoms with Crippen molar-refractivity contribution in [3.63, 3.8) is 0 Å². The lowest BCUT2D eigenvalue weighted by Gasteiger charge is -2.13. The second kappa shape index (κ2) is 10.5. The van der Waals surface area contributed by atoms with E-state index in [9.17, 15) is 37.7 Å². The summed E-state index contributed by atoms with van der Waals surface area (Å²) >= 11 is 0. The second-order valence-electron chi connectivity index (χ2n) is 7.00. The molecule has 2 N–H and O–H groups in total. The van der Waals surface area contributed by atoms with Crippen LogP contribution < -0.4 is 10.6 Å². The molecule has 35 heavy (non-hydrogen) atoms. The number of nitrogens with one attached hydrogen (secondary N) is 2. The highest BCUT2D eigenvalue weighted by atomic mass is 19.2. The van der Waals surface area contributed by atoms with Gasteiger partial charge in [0.05, 0.1) is 17.2 Å². The van der Waals surface area contributed by atoms with Crippen LogP contribution in [-0.4, -0.2) is 35.4 Å². The van der Waals surface area contributed by atoms with Crippen LogP contribution in [0.4, 0.5) is 24.5 Å². The van der Waals surface area contributed by atoms with E-state index in [2.05, 4.69) is 5.32 Å². The fourth-order valence-corrected chi connectivity index (χ4v) is 2.75. The topological polar surface area (TPSA) is 141 Å². The van der Waals surface area contributed by atoms with Crippen molar-refractivity contribution in [2.24, 2.45) is 0 Å². The van der Waals surface area contributed by atoms with E-state index in [-0.39, 0.29) is 17.2 Å². The van der Waals surface area contributed by atoms with Gasteiger partial charge in [0.1, 0.15) is 5.76 Å². The molecule has 2 aromatic carbocycles. The van der Waals surface area contributed by atoms with E-state index >= 15 is 0 Å². The highest BCUT2D eigenvalue weighted by Crippen LogP contribution is 2.25. The van der Waals surface area contributed by atoms with Crippen molar-refractivity contribution in [1.82, 2.24) is 5.32 Å². The SMILES string of the molecule is C[C@H](OC(=O)c1ccc(-c2ccc([N+](=O)[O-])cc2)o1)C(=O)NCC(=O)Nc1ccc(F)c(F)c1F. The highest BCUT2D eigenvalue weighted by Gasteiger charge is 2.22. The number of hydrogen-bond donors (Lipinski definition) is 2. The number of esters is 1. The molecule has 0 radical (unpaired) electrons. The molecular formula is C22H16F3N3O7. The first-order chi connectivity index (χ1) is 16.6. The van der Waals surface area contributed by atoms with Crippen LogP contribution in [0.25, 0.3) is 11.3 Å². The molecule has 1 heterocycles. The van der Waals surface area contributed by atoms with Crippen molar-refractivity contribution in [3.05, 3.63) is 81.9 Å². The maximum atomic E-state index is 13.6. The first kappa shape index (κ1) is 25.0. The number of amides is 2. The van der Waals surface area contributed by atoms with Gasteiger partial charge in [-0.3, -0.25) is 19.7 Å². The lowest BCUT2D eigenvalue weighted by Crippen LogP contribution is -2.40. The van der Waals surface area contributed by atoms with Gasteiger partial charge in [-0.1, -0.05) is 0 Å². The number of carbonyl (C=O) groups excluding carboxylic acids is 3. The number of nitro groups is 1. The third kappa shape index (κ3) is 6.01. The Morgan fingerprint density at radius 1 is 1.03 bits per heavy atom. The van der Waals surface area contributed by atoms with Crippen molar-refractivity contribution in [2.45, 2.75) is 13.0 Å². The van der Waals surface area contributed by atoms with Crippen molar-refractivity contribution in [1.29, 1.82) is 0 Å². The number of benzene rings is 2. The van der Waals surface area contributed by atoms with Gasteiger partial charge in [-0.15, -0.1) is 0 Å². The normalized spacial score (nSPS) is 11.4. The molecule has 3 rings (SSSR count). The van der Waals surface area contributed by atoms with Gasteiger partial charge in [-0.25, -0.2) is 18.0 Å². The monoisotopic (exact) mass is 491 g/mol. The molecule has 3 aromatic rings. The van der Waals surface area contributed by atoms with Crippen LogP contribution in [0.15, 0.2) is 52.9 Å². The Kier molecular flexibility index (Phi) is 7.49. The summed E-state index contributed by atoms with van der Waals surface area (Å²) in [6, 6.07) is 9.54. The predicted molar refractivity (Wildman–Crippen MR) is 114 cm³/mol. The lowest BCUT2D eigenvalue weighted by atomic mass is 10.1. The summed E-state index contributed by atoms with van der Waals surface area (Å²) in [5.41, 5.74) is -0.281. The number of nitro benzene ring substituents is 1. The van der Waals surface area contributed by atoms with Crippen molar-refractivity contribution in [3.8, 4) is 11.3 Å². The second-order valence-corrected chi connectivity index (χ2v) is 7.00. The zero-order valence-corrected chi connectivity index (χ0v) is 17.8. The molecule has 0 saturated heterocycles. The van der Waals surface area contributed by atoms with Crippen LogP contribution in [0.5, 0.6) is 0 Å². The predicted octanol–water partition coefficient (Wildman–Crippen LogP) is 3.57. The van der Waals surface area contributed by atoms with E-state index in [1.165, 1.54) is 43.3 Å². The van der Waals surface area contributed by atoms with Gasteiger partial charge in [0, 0.05) is 17.7 Å². The molecule has 0 unspecified atom stereocenters. The molecule has 0 fully saturated rings. The summed E-state index contributed by atoms with van der Waals surface area (Å²) in [7, 11) is 0. The van der Waals surface area contributed by atoms with Gasteiger partial charge >= 0.3 is 5.97 Å². The van der Waals surface area contributed by atoms with Crippen LogP contribution in [0.2, 0.25) is 0 Å². The molecule has 2 amide bonds. The molecule has 1 atom stereocenters. The minimum absolute atomic E-state index is 0.122. The fourth-order valence-electron chi connectivity index (χ4n) is 2.75. The molecule has 13 heteroatoms. The Hall–Kier alpha value is -4.68. The molecule has 0 saturated carbocycles. The van der Waals surface area contributed by atoms with E-state index < -0.39 is 58.5 Å². The smallest absolute Gasteiger partial charge is 0.375 e. The fraction of sp³-hybridized carbons (Fsp3) is 0.136. The highest BCUT2D eigenvalue weighted by molar-refractivity contribution is 5.96. The van der Waals surface area contributed by atoms with Crippen molar-refractivity contribution < 1.29 is 41.6 Å². The Morgan fingerprint density at radius 3 is 2.37 bits per heavy atom. The summed E-state index contributed by atoms with van der Waals surface area (Å²) in [4.78, 5) is 46.4. The molecule has 0 spiro atoms. The standard InChI is InChI=1S/C22H16F3N3O7/c1-11(21(30)26-10-18(29)27-15-7-6-14(23)19(24)20(15)25)34-22(31)17-9-8-16(35-17)12-2-4-13(5-3-12)28(32)33/h2-9,11H,10H2,1H3,(H,26,30)(H,27,29)/t11-/m0/s1. The average Bonchev–Trinajstić information content (AvgIpc) is 3.33. The molecule has 1 aromatic heterocycles. The minimum atomic E-state index is -1.76. The van der Waals surface area contributed by atoms with E-state index in [0.717, 1.165) is 6.07 Å². The summed E-state index contributed by atoms with van der Waals surface area (Å²) in [5.74, 6) is -7.62. The van der Waals surface area contributed by atoms with Gasteiger partial charge in [0.15, 0.2) is 23.6 Å². The van der Waals surface area contributed by atoms with E-state index in [1.54, 1.807) is 0 Å². The van der Waals surface area contributed by atoms with Crippen LogP contribution >= 0.6 is 0 Å². The summed E-state index contributed by atoms with van der Waals surface area (Å²) < 4.78 is 50.1. The first-order valence-corrected chi connectivity index (χ1v) is 9.83. The van der Waals surface area contributed by atoms with Gasteiger partial charge in [0.2, 0.25) is 11.7 Å². The molecule has 0 aliphatic heterocycles. The number of carbonyl (C=O) groups is 3. The molecule has 10 nitrogen and oxygen atoms in total. The van der Waals surface area contributed by atoms with Crippen LogP contribution in [0.1, 0.15) is 17.5 Å². The largest absolute Gasteiger partial charge is 0.449 e. The van der Waals surface area contributed by atoms with E-state index in [1.807, 2.05) is 5.32 Å². The van der Waals surface area contributed by atoms with Crippen LogP contribution in [0.3, 0.4) is 0 Å². The van der Waals surface area contributed by atoms with Crippen LogP contribution in [0, 0.1) is 27.6 Å². The third-order valence-electron chi connectivity index (χ3n) is 4.56. The van der Waals surface area contributed by atoms with Gasteiger partial charge in [-0.2, -0.15) is 0 Å². The molecule has 0 bridgehead atoms. The Bertz CT molecular complexity index is 1290. The number of hydrogen-bond acceptors (Lipinski definition) is 7. The minimum Gasteiger partial charge on any atom is -0.449 e. The zero-order valence-electron chi connectivity index (χ0n) is 17.8.